The lowest BCUT2D eigenvalue weighted by molar-refractivity contribution is -0.173. The Hall–Kier alpha value is -1.89. The second kappa shape index (κ2) is 5.48. The van der Waals surface area contributed by atoms with Gasteiger partial charge in [0.05, 0.1) is 30.5 Å². The molecule has 1 fully saturated rings. The topological polar surface area (TPSA) is 87.2 Å². The van der Waals surface area contributed by atoms with Gasteiger partial charge < -0.3 is 15.2 Å². The van der Waals surface area contributed by atoms with Crippen LogP contribution in [0.2, 0.25) is 5.02 Å². The number of amides is 1. The van der Waals surface area contributed by atoms with Gasteiger partial charge in [0.25, 0.3) is 5.91 Å². The number of hydrogen-bond donors (Lipinski definition) is 3. The number of nitrogens with zero attached hydrogens (tertiary/aromatic N) is 1. The van der Waals surface area contributed by atoms with E-state index in [0.29, 0.717) is 16.4 Å². The van der Waals surface area contributed by atoms with Crippen molar-refractivity contribution in [2.24, 2.45) is 0 Å². The lowest BCUT2D eigenvalue weighted by Gasteiger charge is -2.36. The Morgan fingerprint density at radius 1 is 1.48 bits per heavy atom. The molecule has 0 unspecified atom stereocenters. The summed E-state index contributed by atoms with van der Waals surface area (Å²) in [7, 11) is 0. The molecule has 1 amide bonds. The fraction of sp³-hybridized carbons (Fsp3) is 0.286. The van der Waals surface area contributed by atoms with Crippen LogP contribution < -0.4 is 5.32 Å². The molecule has 1 aromatic heterocycles. The molecule has 0 radical (unpaired) electrons. The number of aromatic amines is 1. The minimum atomic E-state index is -0.957. The molecule has 21 heavy (non-hydrogen) atoms. The Labute approximate surface area is 126 Å². The van der Waals surface area contributed by atoms with Crippen molar-refractivity contribution in [2.45, 2.75) is 5.60 Å². The number of H-pyrrole nitrogens is 1. The molecule has 7 heteroatoms. The molecule has 0 saturated carbocycles. The summed E-state index contributed by atoms with van der Waals surface area (Å²) in [5.74, 6) is -0.332. The first-order valence-electron chi connectivity index (χ1n) is 6.46. The first kappa shape index (κ1) is 14.1. The highest BCUT2D eigenvalue weighted by molar-refractivity contribution is 6.33. The summed E-state index contributed by atoms with van der Waals surface area (Å²) in [6.45, 7) is 0.620. The quantitative estimate of drug-likeness (QED) is 0.792. The predicted molar refractivity (Wildman–Crippen MR) is 77.1 cm³/mol. The Balaban J connectivity index is 1.70. The molecule has 2 aromatic rings. The molecule has 3 rings (SSSR count). The number of carbonyl (C=O) groups excluding carboxylic acids is 1. The van der Waals surface area contributed by atoms with E-state index in [1.165, 1.54) is 0 Å². The zero-order valence-corrected chi connectivity index (χ0v) is 11.9. The van der Waals surface area contributed by atoms with Gasteiger partial charge in [0.15, 0.2) is 0 Å². The van der Waals surface area contributed by atoms with Crippen molar-refractivity contribution in [3.8, 4) is 11.3 Å². The summed E-state index contributed by atoms with van der Waals surface area (Å²) in [4.78, 5) is 12.0. The monoisotopic (exact) mass is 307 g/mol. The third kappa shape index (κ3) is 2.92. The minimum absolute atomic E-state index is 0.145. The number of hydrogen-bond acceptors (Lipinski definition) is 4. The Kier molecular flexibility index (Phi) is 3.67. The van der Waals surface area contributed by atoms with E-state index in [2.05, 4.69) is 15.5 Å². The third-order valence-corrected chi connectivity index (χ3v) is 3.62. The van der Waals surface area contributed by atoms with Crippen LogP contribution in [0.5, 0.6) is 0 Å². The van der Waals surface area contributed by atoms with Gasteiger partial charge in [-0.1, -0.05) is 29.8 Å². The molecule has 1 saturated heterocycles. The molecule has 1 aliphatic heterocycles. The maximum Gasteiger partial charge on any atom is 0.269 e. The fourth-order valence-corrected chi connectivity index (χ4v) is 2.26. The molecule has 0 bridgehead atoms. The molecule has 6 nitrogen and oxygen atoms in total. The average molecular weight is 308 g/mol. The van der Waals surface area contributed by atoms with E-state index in [9.17, 15) is 9.90 Å². The number of benzene rings is 1. The molecule has 0 spiro atoms. The van der Waals surface area contributed by atoms with Gasteiger partial charge in [0.1, 0.15) is 11.3 Å². The fourth-order valence-electron chi connectivity index (χ4n) is 2.02. The number of aromatic nitrogens is 2. The van der Waals surface area contributed by atoms with Gasteiger partial charge in [0.2, 0.25) is 0 Å². The molecule has 110 valence electrons. The molecule has 3 N–H and O–H groups in total. The van der Waals surface area contributed by atoms with E-state index in [0.717, 1.165) is 5.56 Å². The summed E-state index contributed by atoms with van der Waals surface area (Å²) in [5.41, 5.74) is 0.701. The lowest BCUT2D eigenvalue weighted by Crippen LogP contribution is -2.56. The summed E-state index contributed by atoms with van der Waals surface area (Å²) >= 11 is 6.09. The number of rotatable bonds is 4. The van der Waals surface area contributed by atoms with E-state index < -0.39 is 5.60 Å². The van der Waals surface area contributed by atoms with Crippen molar-refractivity contribution >= 4 is 17.5 Å². The lowest BCUT2D eigenvalue weighted by atomic mass is 10.0. The van der Waals surface area contributed by atoms with Gasteiger partial charge >= 0.3 is 0 Å². The summed E-state index contributed by atoms with van der Waals surface area (Å²) < 4.78 is 4.91. The van der Waals surface area contributed by atoms with Gasteiger partial charge in [-0.05, 0) is 12.1 Å². The summed E-state index contributed by atoms with van der Waals surface area (Å²) in [6.07, 6.45) is 0. The highest BCUT2D eigenvalue weighted by atomic mass is 35.5. The van der Waals surface area contributed by atoms with E-state index in [1.54, 1.807) is 12.1 Å². The first-order valence-corrected chi connectivity index (χ1v) is 6.84. The van der Waals surface area contributed by atoms with E-state index in [-0.39, 0.29) is 25.7 Å². The standard InChI is InChI=1S/C14H14ClN3O3/c15-10-4-2-1-3-9(10)11-5-12(18-17-11)13(19)16-6-14(20)7-21-8-14/h1-5,20H,6-8H2,(H,16,19)(H,17,18). The van der Waals surface area contributed by atoms with Crippen LogP contribution in [0, 0.1) is 0 Å². The van der Waals surface area contributed by atoms with Gasteiger partial charge in [-0.25, -0.2) is 0 Å². The smallest absolute Gasteiger partial charge is 0.269 e. The second-order valence-electron chi connectivity index (χ2n) is 5.05. The van der Waals surface area contributed by atoms with Crippen LogP contribution in [0.4, 0.5) is 0 Å². The van der Waals surface area contributed by atoms with Crippen molar-refractivity contribution in [1.82, 2.24) is 15.5 Å². The maximum atomic E-state index is 12.0. The predicted octanol–water partition coefficient (Wildman–Crippen LogP) is 1.22. The van der Waals surface area contributed by atoms with Crippen molar-refractivity contribution in [2.75, 3.05) is 19.8 Å². The molecule has 2 heterocycles. The van der Waals surface area contributed by atoms with Crippen molar-refractivity contribution < 1.29 is 14.6 Å². The van der Waals surface area contributed by atoms with Crippen molar-refractivity contribution in [3.63, 3.8) is 0 Å². The molecule has 0 atom stereocenters. The first-order chi connectivity index (χ1) is 10.1. The molecular weight excluding hydrogens is 294 g/mol. The average Bonchev–Trinajstić information content (AvgIpc) is 2.93. The van der Waals surface area contributed by atoms with Crippen LogP contribution in [0.3, 0.4) is 0 Å². The maximum absolute atomic E-state index is 12.0. The van der Waals surface area contributed by atoms with Crippen LogP contribution in [0.1, 0.15) is 10.5 Å². The van der Waals surface area contributed by atoms with Gasteiger partial charge in [-0.3, -0.25) is 9.89 Å². The van der Waals surface area contributed by atoms with E-state index >= 15 is 0 Å². The molecule has 1 aromatic carbocycles. The second-order valence-corrected chi connectivity index (χ2v) is 5.45. The minimum Gasteiger partial charge on any atom is -0.383 e. The normalized spacial score (nSPS) is 16.3. The summed E-state index contributed by atoms with van der Waals surface area (Å²) in [6, 6.07) is 8.89. The van der Waals surface area contributed by atoms with Crippen molar-refractivity contribution in [3.05, 3.63) is 41.0 Å². The number of nitrogens with one attached hydrogen (secondary N) is 2. The largest absolute Gasteiger partial charge is 0.383 e. The van der Waals surface area contributed by atoms with Gasteiger partial charge in [0, 0.05) is 5.56 Å². The zero-order valence-electron chi connectivity index (χ0n) is 11.1. The Morgan fingerprint density at radius 3 is 2.90 bits per heavy atom. The van der Waals surface area contributed by atoms with Crippen LogP contribution >= 0.6 is 11.6 Å². The SMILES string of the molecule is O=C(NCC1(O)COC1)c1cc(-c2ccccc2Cl)n[nH]1. The third-order valence-electron chi connectivity index (χ3n) is 3.29. The summed E-state index contributed by atoms with van der Waals surface area (Å²) in [5, 5.41) is 19.8. The van der Waals surface area contributed by atoms with Gasteiger partial charge in [-0.15, -0.1) is 0 Å². The number of carbonyl (C=O) groups is 1. The molecule has 0 aliphatic carbocycles. The Bertz CT molecular complexity index is 667. The van der Waals surface area contributed by atoms with Gasteiger partial charge in [-0.2, -0.15) is 5.10 Å². The highest BCUT2D eigenvalue weighted by Crippen LogP contribution is 2.26. The molecule has 1 aliphatic rings. The molecular formula is C14H14ClN3O3. The number of ether oxygens (including phenoxy) is 1. The van der Waals surface area contributed by atoms with E-state index in [4.69, 9.17) is 16.3 Å². The van der Waals surface area contributed by atoms with Crippen molar-refractivity contribution in [1.29, 1.82) is 0 Å². The zero-order chi connectivity index (χ0) is 14.9. The number of aliphatic hydroxyl groups is 1. The van der Waals surface area contributed by atoms with Crippen LogP contribution in [-0.4, -0.2) is 46.6 Å². The number of halogens is 1. The van der Waals surface area contributed by atoms with E-state index in [1.807, 2.05) is 18.2 Å². The van der Waals surface area contributed by atoms with Crippen LogP contribution in [0.25, 0.3) is 11.3 Å². The Morgan fingerprint density at radius 2 is 2.24 bits per heavy atom. The van der Waals surface area contributed by atoms with Crippen LogP contribution in [-0.2, 0) is 4.74 Å². The van der Waals surface area contributed by atoms with Crippen LogP contribution in [0.15, 0.2) is 30.3 Å². The highest BCUT2D eigenvalue weighted by Gasteiger charge is 2.36.